The molecule has 1 aromatic heterocycles. The fourth-order valence-corrected chi connectivity index (χ4v) is 2.07. The Hall–Kier alpha value is -1.88. The Kier molecular flexibility index (Phi) is 5.12. The van der Waals surface area contributed by atoms with E-state index in [2.05, 4.69) is 38.5 Å². The third kappa shape index (κ3) is 3.81. The molecule has 0 fully saturated rings. The van der Waals surface area contributed by atoms with Crippen LogP contribution < -0.4 is 10.6 Å². The first-order valence-corrected chi connectivity index (χ1v) is 7.25. The first kappa shape index (κ1) is 14.5. The van der Waals surface area contributed by atoms with Crippen LogP contribution in [0, 0.1) is 0 Å². The Morgan fingerprint density at radius 2 is 2.10 bits per heavy atom. The number of benzene rings is 1. The van der Waals surface area contributed by atoms with Crippen LogP contribution in [-0.4, -0.2) is 17.4 Å². The molecule has 0 aliphatic rings. The van der Waals surface area contributed by atoms with Crippen molar-refractivity contribution in [3.63, 3.8) is 0 Å². The van der Waals surface area contributed by atoms with Gasteiger partial charge in [-0.2, -0.15) is 0 Å². The van der Waals surface area contributed by atoms with Crippen LogP contribution >= 0.6 is 15.9 Å². The van der Waals surface area contributed by atoms with Crippen LogP contribution in [-0.2, 0) is 0 Å². The molecule has 104 valence electrons. The number of hydrogen-bond acceptors (Lipinski definition) is 3. The average Bonchev–Trinajstić information content (AvgIpc) is 2.48. The molecule has 20 heavy (non-hydrogen) atoms. The van der Waals surface area contributed by atoms with E-state index in [4.69, 9.17) is 0 Å². The summed E-state index contributed by atoms with van der Waals surface area (Å²) < 4.78 is 0.849. The molecular formula is C15H16BrN3O. The number of carbonyl (C=O) groups is 1. The van der Waals surface area contributed by atoms with Crippen molar-refractivity contribution < 1.29 is 4.79 Å². The van der Waals surface area contributed by atoms with E-state index in [1.807, 2.05) is 24.3 Å². The number of aromatic nitrogens is 1. The molecule has 2 N–H and O–H groups in total. The van der Waals surface area contributed by atoms with E-state index in [0.717, 1.165) is 28.8 Å². The van der Waals surface area contributed by atoms with Gasteiger partial charge in [-0.05, 0) is 40.5 Å². The summed E-state index contributed by atoms with van der Waals surface area (Å²) in [5.41, 5.74) is 2.12. The van der Waals surface area contributed by atoms with Crippen molar-refractivity contribution in [2.75, 3.05) is 17.2 Å². The Morgan fingerprint density at radius 1 is 1.30 bits per heavy atom. The van der Waals surface area contributed by atoms with Crippen LogP contribution in [0.5, 0.6) is 0 Å². The molecule has 1 heterocycles. The maximum absolute atomic E-state index is 12.2. The lowest BCUT2D eigenvalue weighted by Gasteiger charge is -2.09. The topological polar surface area (TPSA) is 54.0 Å². The molecule has 0 radical (unpaired) electrons. The van der Waals surface area contributed by atoms with Crippen molar-refractivity contribution in [2.45, 2.75) is 13.3 Å². The molecule has 0 aliphatic carbocycles. The minimum Gasteiger partial charge on any atom is -0.384 e. The zero-order valence-corrected chi connectivity index (χ0v) is 12.8. The molecule has 0 aliphatic heterocycles. The molecule has 2 rings (SSSR count). The summed E-state index contributed by atoms with van der Waals surface area (Å²) in [4.78, 5) is 16.3. The molecular weight excluding hydrogens is 318 g/mol. The van der Waals surface area contributed by atoms with E-state index in [9.17, 15) is 4.79 Å². The molecule has 0 unspecified atom stereocenters. The third-order valence-corrected chi connectivity index (χ3v) is 3.39. The molecule has 0 bridgehead atoms. The van der Waals surface area contributed by atoms with Crippen molar-refractivity contribution in [1.29, 1.82) is 0 Å². The van der Waals surface area contributed by atoms with Crippen LogP contribution in [0.3, 0.4) is 0 Å². The molecule has 4 nitrogen and oxygen atoms in total. The molecule has 0 spiro atoms. The summed E-state index contributed by atoms with van der Waals surface area (Å²) in [7, 11) is 0. The van der Waals surface area contributed by atoms with Crippen molar-refractivity contribution in [1.82, 2.24) is 4.98 Å². The molecule has 0 atom stereocenters. The zero-order chi connectivity index (χ0) is 14.4. The summed E-state index contributed by atoms with van der Waals surface area (Å²) >= 11 is 3.40. The first-order chi connectivity index (χ1) is 9.70. The second-order valence-corrected chi connectivity index (χ2v) is 5.18. The Morgan fingerprint density at radius 3 is 2.85 bits per heavy atom. The van der Waals surface area contributed by atoms with Crippen molar-refractivity contribution in [3.05, 3.63) is 52.8 Å². The van der Waals surface area contributed by atoms with Gasteiger partial charge in [0, 0.05) is 23.4 Å². The summed E-state index contributed by atoms with van der Waals surface area (Å²) in [6.45, 7) is 2.95. The fraction of sp³-hybridized carbons (Fsp3) is 0.200. The highest BCUT2D eigenvalue weighted by Crippen LogP contribution is 2.22. The van der Waals surface area contributed by atoms with E-state index in [0.29, 0.717) is 5.56 Å². The minimum atomic E-state index is -0.176. The predicted molar refractivity (Wildman–Crippen MR) is 85.1 cm³/mol. The van der Waals surface area contributed by atoms with E-state index < -0.39 is 0 Å². The largest absolute Gasteiger partial charge is 0.384 e. The molecule has 0 saturated carbocycles. The smallest absolute Gasteiger partial charge is 0.257 e. The summed E-state index contributed by atoms with van der Waals surface area (Å²) in [6.07, 6.45) is 4.29. The average molecular weight is 334 g/mol. The van der Waals surface area contributed by atoms with Gasteiger partial charge in [0.15, 0.2) is 0 Å². The minimum absolute atomic E-state index is 0.176. The van der Waals surface area contributed by atoms with E-state index in [1.54, 1.807) is 18.5 Å². The number of rotatable bonds is 5. The highest BCUT2D eigenvalue weighted by molar-refractivity contribution is 9.10. The third-order valence-electron chi connectivity index (χ3n) is 2.70. The number of hydrogen-bond donors (Lipinski definition) is 2. The summed E-state index contributed by atoms with van der Waals surface area (Å²) in [5.74, 6) is -0.176. The second-order valence-electron chi connectivity index (χ2n) is 4.32. The highest BCUT2D eigenvalue weighted by atomic mass is 79.9. The number of pyridine rings is 1. The standard InChI is InChI=1S/C15H16BrN3O/c1-2-7-18-12-8-11(9-17-10-12)15(20)19-14-6-4-3-5-13(14)16/h3-6,8-10,18H,2,7H2,1H3,(H,19,20). The normalized spacial score (nSPS) is 10.1. The quantitative estimate of drug-likeness (QED) is 0.871. The maximum atomic E-state index is 12.2. The SMILES string of the molecule is CCCNc1cncc(C(=O)Nc2ccccc2Br)c1. The number of para-hydroxylation sites is 1. The molecule has 1 amide bonds. The lowest BCUT2D eigenvalue weighted by atomic mass is 10.2. The first-order valence-electron chi connectivity index (χ1n) is 6.45. The summed E-state index contributed by atoms with van der Waals surface area (Å²) in [5, 5.41) is 6.07. The van der Waals surface area contributed by atoms with Gasteiger partial charge in [-0.25, -0.2) is 0 Å². The van der Waals surface area contributed by atoms with Gasteiger partial charge >= 0.3 is 0 Å². The predicted octanol–water partition coefficient (Wildman–Crippen LogP) is 3.92. The zero-order valence-electron chi connectivity index (χ0n) is 11.2. The van der Waals surface area contributed by atoms with Crippen LogP contribution in [0.2, 0.25) is 0 Å². The van der Waals surface area contributed by atoms with Gasteiger partial charge in [-0.15, -0.1) is 0 Å². The Bertz CT molecular complexity index is 601. The molecule has 1 aromatic carbocycles. The van der Waals surface area contributed by atoms with Crippen LogP contribution in [0.15, 0.2) is 47.2 Å². The lowest BCUT2D eigenvalue weighted by molar-refractivity contribution is 0.102. The number of anilines is 2. The van der Waals surface area contributed by atoms with Gasteiger partial charge in [-0.3, -0.25) is 9.78 Å². The van der Waals surface area contributed by atoms with Crippen LogP contribution in [0.25, 0.3) is 0 Å². The molecule has 5 heteroatoms. The fourth-order valence-electron chi connectivity index (χ4n) is 1.69. The van der Waals surface area contributed by atoms with E-state index in [-0.39, 0.29) is 5.91 Å². The van der Waals surface area contributed by atoms with E-state index >= 15 is 0 Å². The van der Waals surface area contributed by atoms with Crippen molar-refractivity contribution in [2.24, 2.45) is 0 Å². The van der Waals surface area contributed by atoms with Gasteiger partial charge < -0.3 is 10.6 Å². The highest BCUT2D eigenvalue weighted by Gasteiger charge is 2.09. The summed E-state index contributed by atoms with van der Waals surface area (Å²) in [6, 6.07) is 9.30. The molecule has 2 aromatic rings. The van der Waals surface area contributed by atoms with Gasteiger partial charge in [0.25, 0.3) is 5.91 Å². The Balaban J connectivity index is 2.11. The second kappa shape index (κ2) is 7.05. The van der Waals surface area contributed by atoms with Gasteiger partial charge in [0.1, 0.15) is 0 Å². The number of carbonyl (C=O) groups excluding carboxylic acids is 1. The van der Waals surface area contributed by atoms with Crippen LogP contribution in [0.4, 0.5) is 11.4 Å². The van der Waals surface area contributed by atoms with Gasteiger partial charge in [0.2, 0.25) is 0 Å². The van der Waals surface area contributed by atoms with Gasteiger partial charge in [0.05, 0.1) is 16.9 Å². The van der Waals surface area contributed by atoms with Crippen molar-refractivity contribution >= 4 is 33.2 Å². The van der Waals surface area contributed by atoms with Gasteiger partial charge in [-0.1, -0.05) is 19.1 Å². The van der Waals surface area contributed by atoms with Crippen LogP contribution in [0.1, 0.15) is 23.7 Å². The maximum Gasteiger partial charge on any atom is 0.257 e. The van der Waals surface area contributed by atoms with Crippen molar-refractivity contribution in [3.8, 4) is 0 Å². The lowest BCUT2D eigenvalue weighted by Crippen LogP contribution is -2.13. The van der Waals surface area contributed by atoms with E-state index in [1.165, 1.54) is 0 Å². The number of amides is 1. The number of halogens is 1. The molecule has 0 saturated heterocycles. The Labute approximate surface area is 126 Å². The monoisotopic (exact) mass is 333 g/mol. The number of nitrogens with zero attached hydrogens (tertiary/aromatic N) is 1. The number of nitrogens with one attached hydrogen (secondary N) is 2.